The molecule has 0 spiro atoms. The lowest BCUT2D eigenvalue weighted by Gasteiger charge is -2.35. The molecule has 0 saturated heterocycles. The average molecular weight is 268 g/mol. The number of ether oxygens (including phenoxy) is 1. The van der Waals surface area contributed by atoms with Gasteiger partial charge >= 0.3 is 5.97 Å². The van der Waals surface area contributed by atoms with E-state index in [9.17, 15) is 4.79 Å². The van der Waals surface area contributed by atoms with E-state index in [-0.39, 0.29) is 17.5 Å². The highest BCUT2D eigenvalue weighted by atomic mass is 28.3. The third kappa shape index (κ3) is 2.81. The van der Waals surface area contributed by atoms with E-state index < -0.39 is 8.07 Å². The highest BCUT2D eigenvalue weighted by Crippen LogP contribution is 2.58. The molecule has 0 radical (unpaired) electrons. The Morgan fingerprint density at radius 1 is 1.06 bits per heavy atom. The summed E-state index contributed by atoms with van der Waals surface area (Å²) in [5.74, 6) is 1.67. The van der Waals surface area contributed by atoms with Gasteiger partial charge in [-0.15, -0.1) is 0 Å². The molecule has 3 heteroatoms. The molecule has 2 nitrogen and oxygen atoms in total. The summed E-state index contributed by atoms with van der Waals surface area (Å²) in [6.07, 6.45) is 3.65. The van der Waals surface area contributed by atoms with Crippen molar-refractivity contribution >= 4 is 14.0 Å². The number of carbonyl (C=O) groups is 1. The summed E-state index contributed by atoms with van der Waals surface area (Å²) < 4.78 is 5.57. The Hall–Kier alpha value is -0.313. The minimum absolute atomic E-state index is 0.0593. The molecule has 0 aromatic rings. The number of rotatable bonds is 2. The average Bonchev–Trinajstić information content (AvgIpc) is 2.71. The highest BCUT2D eigenvalue weighted by Gasteiger charge is 2.52. The molecule has 2 rings (SSSR count). The molecule has 0 N–H and O–H groups in total. The van der Waals surface area contributed by atoms with E-state index in [1.54, 1.807) is 0 Å². The fourth-order valence-corrected chi connectivity index (χ4v) is 6.70. The Labute approximate surface area is 112 Å². The van der Waals surface area contributed by atoms with Gasteiger partial charge in [-0.25, -0.2) is 0 Å². The van der Waals surface area contributed by atoms with Gasteiger partial charge in [0.1, 0.15) is 5.60 Å². The maximum absolute atomic E-state index is 12.2. The second kappa shape index (κ2) is 4.36. The van der Waals surface area contributed by atoms with Gasteiger partial charge in [-0.1, -0.05) is 19.6 Å². The van der Waals surface area contributed by atoms with Crippen LogP contribution in [0.15, 0.2) is 0 Å². The summed E-state index contributed by atoms with van der Waals surface area (Å²) in [4.78, 5) is 12.2. The van der Waals surface area contributed by atoms with E-state index in [0.29, 0.717) is 5.92 Å². The fourth-order valence-electron chi connectivity index (χ4n) is 4.00. The largest absolute Gasteiger partial charge is 0.460 e. The summed E-state index contributed by atoms with van der Waals surface area (Å²) in [6.45, 7) is 13.3. The molecule has 0 amide bonds. The van der Waals surface area contributed by atoms with Crippen LogP contribution in [0.3, 0.4) is 0 Å². The predicted molar refractivity (Wildman–Crippen MR) is 77.3 cm³/mol. The smallest absolute Gasteiger partial charge is 0.309 e. The van der Waals surface area contributed by atoms with Gasteiger partial charge in [-0.2, -0.15) is 0 Å². The molecule has 2 aliphatic carbocycles. The predicted octanol–water partition coefficient (Wildman–Crippen LogP) is 4.08. The Bertz CT molecular complexity index is 337. The molecule has 2 saturated carbocycles. The molecule has 18 heavy (non-hydrogen) atoms. The van der Waals surface area contributed by atoms with Crippen LogP contribution in [0, 0.1) is 17.8 Å². The zero-order chi connectivity index (χ0) is 13.7. The molecular weight excluding hydrogens is 240 g/mol. The van der Waals surface area contributed by atoms with Crippen molar-refractivity contribution < 1.29 is 9.53 Å². The summed E-state index contributed by atoms with van der Waals surface area (Å²) >= 11 is 0. The molecular formula is C15H28O2Si. The molecule has 4 unspecified atom stereocenters. The SMILES string of the molecule is CC(C)(C)OC(=O)C1CC2CC1CC2[Si](C)(C)C. The first-order valence-electron chi connectivity index (χ1n) is 7.31. The van der Waals surface area contributed by atoms with E-state index in [0.717, 1.165) is 17.9 Å². The Morgan fingerprint density at radius 2 is 1.67 bits per heavy atom. The number of esters is 1. The van der Waals surface area contributed by atoms with E-state index in [1.165, 1.54) is 12.8 Å². The van der Waals surface area contributed by atoms with Gasteiger partial charge in [0, 0.05) is 8.07 Å². The topological polar surface area (TPSA) is 26.3 Å². The first-order chi connectivity index (χ1) is 8.08. The minimum atomic E-state index is -1.04. The molecule has 0 aromatic heterocycles. The first-order valence-corrected chi connectivity index (χ1v) is 10.9. The van der Waals surface area contributed by atoms with Gasteiger partial charge < -0.3 is 4.74 Å². The van der Waals surface area contributed by atoms with Crippen LogP contribution in [0.5, 0.6) is 0 Å². The van der Waals surface area contributed by atoms with Crippen LogP contribution < -0.4 is 0 Å². The molecule has 104 valence electrons. The molecule has 0 aromatic carbocycles. The maximum Gasteiger partial charge on any atom is 0.309 e. The summed E-state index contributed by atoms with van der Waals surface area (Å²) in [7, 11) is -1.04. The zero-order valence-electron chi connectivity index (χ0n) is 12.7. The van der Waals surface area contributed by atoms with Gasteiger partial charge in [-0.3, -0.25) is 4.79 Å². The van der Waals surface area contributed by atoms with Crippen LogP contribution in [-0.2, 0) is 9.53 Å². The van der Waals surface area contributed by atoms with Crippen molar-refractivity contribution in [3.63, 3.8) is 0 Å². The number of hydrogen-bond acceptors (Lipinski definition) is 2. The van der Waals surface area contributed by atoms with Gasteiger partial charge in [-0.05, 0) is 57.4 Å². The van der Waals surface area contributed by atoms with Gasteiger partial charge in [0.05, 0.1) is 5.92 Å². The van der Waals surface area contributed by atoms with Crippen molar-refractivity contribution in [2.75, 3.05) is 0 Å². The maximum atomic E-state index is 12.2. The van der Waals surface area contributed by atoms with Crippen molar-refractivity contribution in [2.24, 2.45) is 17.8 Å². The molecule has 2 bridgehead atoms. The van der Waals surface area contributed by atoms with Crippen LogP contribution >= 0.6 is 0 Å². The monoisotopic (exact) mass is 268 g/mol. The fraction of sp³-hybridized carbons (Fsp3) is 0.933. The van der Waals surface area contributed by atoms with E-state index in [4.69, 9.17) is 4.74 Å². The van der Waals surface area contributed by atoms with E-state index in [2.05, 4.69) is 19.6 Å². The van der Waals surface area contributed by atoms with Crippen molar-refractivity contribution in [3.05, 3.63) is 0 Å². The van der Waals surface area contributed by atoms with Crippen LogP contribution in [-0.4, -0.2) is 19.6 Å². The van der Waals surface area contributed by atoms with Crippen molar-refractivity contribution in [2.45, 2.75) is 70.8 Å². The summed E-state index contributed by atoms with van der Waals surface area (Å²) in [5, 5.41) is 0. The highest BCUT2D eigenvalue weighted by molar-refractivity contribution is 6.77. The summed E-state index contributed by atoms with van der Waals surface area (Å²) in [6, 6.07) is 0. The Morgan fingerprint density at radius 3 is 2.06 bits per heavy atom. The Kier molecular flexibility index (Phi) is 3.42. The third-order valence-corrected chi connectivity index (χ3v) is 7.61. The quantitative estimate of drug-likeness (QED) is 0.557. The van der Waals surface area contributed by atoms with Crippen LogP contribution in [0.1, 0.15) is 40.0 Å². The lowest BCUT2D eigenvalue weighted by molar-refractivity contribution is -0.161. The molecule has 0 heterocycles. The Balaban J connectivity index is 1.97. The minimum Gasteiger partial charge on any atom is -0.460 e. The molecule has 2 fully saturated rings. The lowest BCUT2D eigenvalue weighted by atomic mass is 9.88. The second-order valence-electron chi connectivity index (χ2n) is 8.34. The molecule has 2 aliphatic rings. The normalized spacial score (nSPS) is 35.9. The summed E-state index contributed by atoms with van der Waals surface area (Å²) in [5.41, 5.74) is 0.595. The second-order valence-corrected chi connectivity index (χ2v) is 13.8. The van der Waals surface area contributed by atoms with Crippen LogP contribution in [0.4, 0.5) is 0 Å². The first kappa shape index (κ1) is 14.1. The van der Waals surface area contributed by atoms with Crippen molar-refractivity contribution in [1.82, 2.24) is 0 Å². The van der Waals surface area contributed by atoms with Crippen molar-refractivity contribution in [1.29, 1.82) is 0 Å². The number of carbonyl (C=O) groups excluding carboxylic acids is 1. The van der Waals surface area contributed by atoms with E-state index in [1.807, 2.05) is 20.8 Å². The molecule has 0 aliphatic heterocycles. The standard InChI is InChI=1S/C15H28O2Si/c1-15(2,3)17-14(16)12-8-11-7-10(12)9-13(11)18(4,5)6/h10-13H,7-9H2,1-6H3. The van der Waals surface area contributed by atoms with E-state index >= 15 is 0 Å². The number of hydrogen-bond donors (Lipinski definition) is 0. The van der Waals surface area contributed by atoms with Gasteiger partial charge in [0.25, 0.3) is 0 Å². The lowest BCUT2D eigenvalue weighted by Crippen LogP contribution is -2.36. The van der Waals surface area contributed by atoms with Crippen molar-refractivity contribution in [3.8, 4) is 0 Å². The molecule has 4 atom stereocenters. The number of fused-ring (bicyclic) bond motifs is 2. The van der Waals surface area contributed by atoms with Crippen LogP contribution in [0.25, 0.3) is 0 Å². The zero-order valence-corrected chi connectivity index (χ0v) is 13.7. The van der Waals surface area contributed by atoms with Gasteiger partial charge in [0.2, 0.25) is 0 Å². The van der Waals surface area contributed by atoms with Gasteiger partial charge in [0.15, 0.2) is 0 Å². The van der Waals surface area contributed by atoms with Crippen LogP contribution in [0.2, 0.25) is 25.2 Å². The third-order valence-electron chi connectivity index (χ3n) is 4.68.